The first kappa shape index (κ1) is 14.9. The molecule has 0 aromatic heterocycles. The predicted octanol–water partition coefficient (Wildman–Crippen LogP) is 1.19. The van der Waals surface area contributed by atoms with Gasteiger partial charge >= 0.3 is 6.09 Å². The first-order chi connectivity index (χ1) is 8.65. The zero-order valence-electron chi connectivity index (χ0n) is 11.9. The van der Waals surface area contributed by atoms with Crippen LogP contribution in [0.2, 0.25) is 0 Å². The lowest BCUT2D eigenvalue weighted by molar-refractivity contribution is -0.0117. The molecule has 0 aromatic carbocycles. The van der Waals surface area contributed by atoms with E-state index in [1.54, 1.807) is 16.7 Å². The Balaban J connectivity index is 2.01. The van der Waals surface area contributed by atoms with Gasteiger partial charge in [0.15, 0.2) is 0 Å². The number of hydrogen-bond acceptors (Lipinski definition) is 5. The van der Waals surface area contributed by atoms with Crippen LogP contribution in [0.25, 0.3) is 0 Å². The lowest BCUT2D eigenvalue weighted by Crippen LogP contribution is -2.62. The Morgan fingerprint density at radius 2 is 2.11 bits per heavy atom. The van der Waals surface area contributed by atoms with E-state index >= 15 is 0 Å². The first-order valence-electron chi connectivity index (χ1n) is 6.72. The molecule has 3 N–H and O–H groups in total. The zero-order valence-corrected chi connectivity index (χ0v) is 12.8. The van der Waals surface area contributed by atoms with Gasteiger partial charge < -0.3 is 20.5 Å². The molecule has 2 rings (SSSR count). The van der Waals surface area contributed by atoms with Crippen molar-refractivity contribution in [1.29, 1.82) is 0 Å². The number of carbonyl (C=O) groups is 1. The number of ether oxygens (including phenoxy) is 1. The van der Waals surface area contributed by atoms with E-state index in [0.717, 1.165) is 5.75 Å². The molecule has 2 atom stereocenters. The van der Waals surface area contributed by atoms with Crippen LogP contribution in [0.1, 0.15) is 33.6 Å². The maximum atomic E-state index is 12.0. The van der Waals surface area contributed by atoms with Crippen LogP contribution in [0.4, 0.5) is 4.79 Å². The van der Waals surface area contributed by atoms with Crippen LogP contribution in [-0.2, 0) is 4.74 Å². The Labute approximate surface area is 118 Å². The minimum Gasteiger partial charge on any atom is -0.444 e. The third kappa shape index (κ3) is 3.01. The van der Waals surface area contributed by atoms with E-state index in [4.69, 9.17) is 10.5 Å². The van der Waals surface area contributed by atoms with Gasteiger partial charge in [0.2, 0.25) is 0 Å². The molecule has 2 unspecified atom stereocenters. The summed E-state index contributed by atoms with van der Waals surface area (Å²) in [6.07, 6.45) is 0.994. The highest BCUT2D eigenvalue weighted by Gasteiger charge is 2.54. The SMILES string of the molecule is CC(C)(C)OC(=O)N1CCC(N)(C2(O)CCSC2)C1. The molecule has 0 saturated carbocycles. The normalized spacial score (nSPS) is 35.7. The van der Waals surface area contributed by atoms with Crippen LogP contribution >= 0.6 is 11.8 Å². The Kier molecular flexibility index (Phi) is 3.79. The quantitative estimate of drug-likeness (QED) is 0.758. The number of nitrogens with zero attached hydrogens (tertiary/aromatic N) is 1. The Bertz CT molecular complexity index is 363. The highest BCUT2D eigenvalue weighted by molar-refractivity contribution is 7.99. The second kappa shape index (κ2) is 4.82. The van der Waals surface area contributed by atoms with Gasteiger partial charge in [0, 0.05) is 18.8 Å². The van der Waals surface area contributed by atoms with Crippen LogP contribution in [-0.4, -0.2) is 57.4 Å². The molecule has 2 fully saturated rings. The van der Waals surface area contributed by atoms with E-state index in [2.05, 4.69) is 0 Å². The second-order valence-electron chi connectivity index (χ2n) is 6.64. The molecule has 0 aromatic rings. The van der Waals surface area contributed by atoms with Crippen molar-refractivity contribution in [3.05, 3.63) is 0 Å². The second-order valence-corrected chi connectivity index (χ2v) is 7.75. The minimum absolute atomic E-state index is 0.339. The number of likely N-dealkylation sites (tertiary alicyclic amines) is 1. The topological polar surface area (TPSA) is 75.8 Å². The zero-order chi connectivity index (χ0) is 14.3. The summed E-state index contributed by atoms with van der Waals surface area (Å²) in [5.41, 5.74) is 4.32. The summed E-state index contributed by atoms with van der Waals surface area (Å²) < 4.78 is 5.36. The number of rotatable bonds is 1. The Hall–Kier alpha value is -0.460. The molecule has 6 heteroatoms. The van der Waals surface area contributed by atoms with Gasteiger partial charge in [0.25, 0.3) is 0 Å². The molecule has 0 aliphatic carbocycles. The Morgan fingerprint density at radius 1 is 1.42 bits per heavy atom. The highest BCUT2D eigenvalue weighted by Crippen LogP contribution is 2.40. The summed E-state index contributed by atoms with van der Waals surface area (Å²) in [6, 6.07) is 0. The van der Waals surface area contributed by atoms with Crippen LogP contribution in [0.3, 0.4) is 0 Å². The third-order valence-electron chi connectivity index (χ3n) is 3.88. The van der Waals surface area contributed by atoms with Crippen molar-refractivity contribution < 1.29 is 14.6 Å². The van der Waals surface area contributed by atoms with Crippen LogP contribution in [0, 0.1) is 0 Å². The molecule has 2 aliphatic rings. The fraction of sp³-hybridized carbons (Fsp3) is 0.923. The molecule has 2 saturated heterocycles. The number of hydrogen-bond donors (Lipinski definition) is 2. The van der Waals surface area contributed by atoms with Gasteiger partial charge in [-0.05, 0) is 39.4 Å². The molecule has 19 heavy (non-hydrogen) atoms. The molecular formula is C13H24N2O3S. The summed E-state index contributed by atoms with van der Waals surface area (Å²) >= 11 is 1.72. The lowest BCUT2D eigenvalue weighted by Gasteiger charge is -2.39. The van der Waals surface area contributed by atoms with E-state index < -0.39 is 16.7 Å². The number of thioether (sulfide) groups is 1. The van der Waals surface area contributed by atoms with Crippen molar-refractivity contribution in [3.63, 3.8) is 0 Å². The maximum absolute atomic E-state index is 12.0. The monoisotopic (exact) mass is 288 g/mol. The minimum atomic E-state index is -0.853. The van der Waals surface area contributed by atoms with Crippen molar-refractivity contribution in [3.8, 4) is 0 Å². The van der Waals surface area contributed by atoms with Gasteiger partial charge in [-0.1, -0.05) is 0 Å². The highest BCUT2D eigenvalue weighted by atomic mass is 32.2. The molecule has 1 amide bonds. The summed E-state index contributed by atoms with van der Waals surface area (Å²) in [5.74, 6) is 1.59. The first-order valence-corrected chi connectivity index (χ1v) is 7.88. The van der Waals surface area contributed by atoms with Crippen molar-refractivity contribution in [2.45, 2.75) is 50.4 Å². The largest absolute Gasteiger partial charge is 0.444 e. The van der Waals surface area contributed by atoms with Crippen molar-refractivity contribution in [1.82, 2.24) is 4.90 Å². The van der Waals surface area contributed by atoms with Gasteiger partial charge in [0.05, 0.1) is 11.1 Å². The van der Waals surface area contributed by atoms with E-state index in [1.807, 2.05) is 20.8 Å². The molecule has 0 spiro atoms. The molecule has 5 nitrogen and oxygen atoms in total. The van der Waals surface area contributed by atoms with Crippen molar-refractivity contribution in [2.24, 2.45) is 5.73 Å². The molecule has 0 bridgehead atoms. The molecular weight excluding hydrogens is 264 g/mol. The average molecular weight is 288 g/mol. The van der Waals surface area contributed by atoms with Crippen LogP contribution in [0.15, 0.2) is 0 Å². The van der Waals surface area contributed by atoms with Crippen LogP contribution < -0.4 is 5.73 Å². The fourth-order valence-corrected chi connectivity index (χ4v) is 4.04. The lowest BCUT2D eigenvalue weighted by atomic mass is 9.79. The van der Waals surface area contributed by atoms with E-state index in [9.17, 15) is 9.90 Å². The number of amides is 1. The smallest absolute Gasteiger partial charge is 0.410 e. The van der Waals surface area contributed by atoms with Gasteiger partial charge in [-0.15, -0.1) is 0 Å². The Morgan fingerprint density at radius 3 is 2.63 bits per heavy atom. The summed E-state index contributed by atoms with van der Waals surface area (Å²) in [4.78, 5) is 13.6. The number of carbonyl (C=O) groups excluding carboxylic acids is 1. The average Bonchev–Trinajstić information content (AvgIpc) is 2.84. The fourth-order valence-electron chi connectivity index (χ4n) is 2.64. The number of nitrogens with two attached hydrogens (primary N) is 1. The van der Waals surface area contributed by atoms with Gasteiger partial charge in [0.1, 0.15) is 5.60 Å². The summed E-state index contributed by atoms with van der Waals surface area (Å²) in [6.45, 7) is 6.46. The predicted molar refractivity (Wildman–Crippen MR) is 76.2 cm³/mol. The number of aliphatic hydroxyl groups is 1. The van der Waals surface area contributed by atoms with E-state index in [1.165, 1.54) is 0 Å². The maximum Gasteiger partial charge on any atom is 0.410 e. The van der Waals surface area contributed by atoms with Gasteiger partial charge in [-0.25, -0.2) is 4.79 Å². The standard InChI is InChI=1S/C13H24N2O3S/c1-11(2,3)18-10(16)15-6-4-12(14,8-15)13(17)5-7-19-9-13/h17H,4-9,14H2,1-3H3. The molecule has 2 aliphatic heterocycles. The van der Waals surface area contributed by atoms with E-state index in [-0.39, 0.29) is 6.09 Å². The van der Waals surface area contributed by atoms with Gasteiger partial charge in [-0.2, -0.15) is 11.8 Å². The third-order valence-corrected chi connectivity index (χ3v) is 5.05. The van der Waals surface area contributed by atoms with Crippen LogP contribution in [0.5, 0.6) is 0 Å². The molecule has 0 radical (unpaired) electrons. The van der Waals surface area contributed by atoms with Crippen molar-refractivity contribution in [2.75, 3.05) is 24.6 Å². The van der Waals surface area contributed by atoms with Gasteiger partial charge in [-0.3, -0.25) is 0 Å². The van der Waals surface area contributed by atoms with Crippen molar-refractivity contribution >= 4 is 17.9 Å². The molecule has 2 heterocycles. The summed E-state index contributed by atoms with van der Waals surface area (Å²) in [5, 5.41) is 10.7. The van der Waals surface area contributed by atoms with E-state index in [0.29, 0.717) is 31.7 Å². The summed E-state index contributed by atoms with van der Waals surface area (Å²) in [7, 11) is 0. The molecule has 110 valence electrons.